The number of aryl methyl sites for hydroxylation is 1. The number of rotatable bonds is 2. The van der Waals surface area contributed by atoms with Gasteiger partial charge in [0, 0.05) is 49.6 Å². The lowest BCUT2D eigenvalue weighted by Crippen LogP contribution is -2.03. The molecule has 33 heavy (non-hydrogen) atoms. The quantitative estimate of drug-likeness (QED) is 0.392. The fourth-order valence-corrected chi connectivity index (χ4v) is 3.44. The zero-order valence-electron chi connectivity index (χ0n) is 18.6. The first-order chi connectivity index (χ1) is 16.1. The zero-order chi connectivity index (χ0) is 23.0. The standard InChI is InChI=1S/C14H9F2N3.C6H8N2.C5H10O/c1-8-7-18-14-12(19-8)4-5-17-13(14)10-3-2-9(15)6-11(10)16;1-4-7-8(5-1)6-2-3-6;1-2-4-6-5-3-1/h2-7H,1H3;1,4-6H,2-3H2;1-5H2. The van der Waals surface area contributed by atoms with Crippen molar-refractivity contribution in [2.45, 2.75) is 45.1 Å². The smallest absolute Gasteiger partial charge is 0.135 e. The lowest BCUT2D eigenvalue weighted by molar-refractivity contribution is 0.0968. The number of benzene rings is 1. The van der Waals surface area contributed by atoms with Gasteiger partial charge in [0.1, 0.15) is 22.8 Å². The van der Waals surface area contributed by atoms with Gasteiger partial charge < -0.3 is 4.74 Å². The Labute approximate surface area is 191 Å². The summed E-state index contributed by atoms with van der Waals surface area (Å²) in [6.45, 7) is 3.82. The molecule has 0 amide bonds. The maximum Gasteiger partial charge on any atom is 0.135 e. The number of halogens is 2. The second-order valence-corrected chi connectivity index (χ2v) is 8.05. The van der Waals surface area contributed by atoms with Crippen LogP contribution in [0.1, 0.15) is 43.8 Å². The molecule has 1 saturated heterocycles. The molecule has 0 atom stereocenters. The van der Waals surface area contributed by atoms with Crippen LogP contribution in [0, 0.1) is 18.6 Å². The number of hydrogen-bond donors (Lipinski definition) is 0. The maximum atomic E-state index is 13.8. The van der Waals surface area contributed by atoms with Gasteiger partial charge in [-0.1, -0.05) is 0 Å². The van der Waals surface area contributed by atoms with E-state index in [4.69, 9.17) is 4.74 Å². The predicted octanol–water partition coefficient (Wildman–Crippen LogP) is 5.68. The molecule has 6 nitrogen and oxygen atoms in total. The lowest BCUT2D eigenvalue weighted by Gasteiger charge is -2.08. The van der Waals surface area contributed by atoms with Crippen molar-refractivity contribution in [3.05, 3.63) is 72.4 Å². The molecule has 4 heterocycles. The van der Waals surface area contributed by atoms with Gasteiger partial charge >= 0.3 is 0 Å². The van der Waals surface area contributed by atoms with Gasteiger partial charge in [0.2, 0.25) is 0 Å². The molecule has 1 aliphatic heterocycles. The third-order valence-electron chi connectivity index (χ3n) is 5.29. The zero-order valence-corrected chi connectivity index (χ0v) is 18.6. The van der Waals surface area contributed by atoms with Gasteiger partial charge in [-0.3, -0.25) is 14.6 Å². The number of pyridine rings is 1. The molecular weight excluding hydrogens is 424 g/mol. The molecule has 2 aliphatic rings. The van der Waals surface area contributed by atoms with Gasteiger partial charge in [-0.2, -0.15) is 5.10 Å². The van der Waals surface area contributed by atoms with E-state index in [0.717, 1.165) is 31.0 Å². The molecule has 2 fully saturated rings. The Balaban J connectivity index is 0.000000150. The van der Waals surface area contributed by atoms with Crippen molar-refractivity contribution < 1.29 is 13.5 Å². The molecule has 0 radical (unpaired) electrons. The Bertz CT molecular complexity index is 1160. The van der Waals surface area contributed by atoms with Crippen molar-refractivity contribution in [2.24, 2.45) is 0 Å². The Morgan fingerprint density at radius 3 is 2.42 bits per heavy atom. The highest BCUT2D eigenvalue weighted by atomic mass is 19.1. The van der Waals surface area contributed by atoms with Crippen molar-refractivity contribution in [3.8, 4) is 11.3 Å². The highest BCUT2D eigenvalue weighted by Gasteiger charge is 2.22. The van der Waals surface area contributed by atoms with Gasteiger partial charge in [0.15, 0.2) is 0 Å². The summed E-state index contributed by atoms with van der Waals surface area (Å²) in [6.07, 6.45) is 13.6. The third kappa shape index (κ3) is 6.38. The summed E-state index contributed by atoms with van der Waals surface area (Å²) in [5.41, 5.74) is 2.48. The van der Waals surface area contributed by atoms with Gasteiger partial charge in [-0.25, -0.2) is 13.8 Å². The summed E-state index contributed by atoms with van der Waals surface area (Å²) in [5, 5.41) is 4.09. The van der Waals surface area contributed by atoms with Crippen molar-refractivity contribution in [3.63, 3.8) is 0 Å². The average molecular weight is 452 g/mol. The van der Waals surface area contributed by atoms with Crippen LogP contribution < -0.4 is 0 Å². The highest BCUT2D eigenvalue weighted by Crippen LogP contribution is 2.33. The molecule has 0 spiro atoms. The van der Waals surface area contributed by atoms with Crippen LogP contribution in [0.5, 0.6) is 0 Å². The SMILES string of the molecule is C1CCOCC1.Cc1cnc2c(-c3ccc(F)cc3F)nccc2n1.c1cnn(C2CC2)c1. The molecule has 172 valence electrons. The lowest BCUT2D eigenvalue weighted by atomic mass is 10.1. The van der Waals surface area contributed by atoms with Crippen LogP contribution in [-0.4, -0.2) is 37.9 Å². The molecule has 1 aromatic carbocycles. The monoisotopic (exact) mass is 451 g/mol. The van der Waals surface area contributed by atoms with Crippen molar-refractivity contribution >= 4 is 11.0 Å². The summed E-state index contributed by atoms with van der Waals surface area (Å²) in [6, 6.07) is 7.80. The topological polar surface area (TPSA) is 65.7 Å². The summed E-state index contributed by atoms with van der Waals surface area (Å²) in [4.78, 5) is 12.7. The van der Waals surface area contributed by atoms with Crippen LogP contribution in [0.25, 0.3) is 22.3 Å². The van der Waals surface area contributed by atoms with E-state index in [1.54, 1.807) is 12.3 Å². The molecule has 6 rings (SSSR count). The van der Waals surface area contributed by atoms with Crippen LogP contribution in [0.4, 0.5) is 8.78 Å². The number of hydrogen-bond acceptors (Lipinski definition) is 5. The van der Waals surface area contributed by atoms with E-state index >= 15 is 0 Å². The number of ether oxygens (including phenoxy) is 1. The van der Waals surface area contributed by atoms with Gasteiger partial charge in [-0.15, -0.1) is 0 Å². The van der Waals surface area contributed by atoms with E-state index in [1.807, 2.05) is 30.1 Å². The molecule has 1 saturated carbocycles. The second-order valence-electron chi connectivity index (χ2n) is 8.05. The first-order valence-corrected chi connectivity index (χ1v) is 11.2. The number of aromatic nitrogens is 5. The van der Waals surface area contributed by atoms with E-state index in [9.17, 15) is 8.78 Å². The van der Waals surface area contributed by atoms with Crippen LogP contribution in [0.15, 0.2) is 55.1 Å². The first-order valence-electron chi connectivity index (χ1n) is 11.2. The molecule has 1 aliphatic carbocycles. The average Bonchev–Trinajstić information content (AvgIpc) is 3.54. The van der Waals surface area contributed by atoms with E-state index in [-0.39, 0.29) is 5.56 Å². The molecule has 3 aromatic heterocycles. The molecule has 4 aromatic rings. The summed E-state index contributed by atoms with van der Waals surface area (Å²) >= 11 is 0. The van der Waals surface area contributed by atoms with E-state index in [1.165, 1.54) is 50.4 Å². The van der Waals surface area contributed by atoms with Gasteiger partial charge in [-0.05, 0) is 63.3 Å². The van der Waals surface area contributed by atoms with Crippen LogP contribution in [0.2, 0.25) is 0 Å². The highest BCUT2D eigenvalue weighted by molar-refractivity contribution is 5.88. The maximum absolute atomic E-state index is 13.8. The molecule has 8 heteroatoms. The van der Waals surface area contributed by atoms with Crippen LogP contribution in [-0.2, 0) is 4.74 Å². The summed E-state index contributed by atoms with van der Waals surface area (Å²) in [5.74, 6) is -1.29. The van der Waals surface area contributed by atoms with E-state index in [2.05, 4.69) is 20.1 Å². The normalized spacial score (nSPS) is 15.2. The molecule has 0 N–H and O–H groups in total. The van der Waals surface area contributed by atoms with E-state index in [0.29, 0.717) is 16.7 Å². The van der Waals surface area contributed by atoms with Gasteiger partial charge in [0.05, 0.1) is 17.3 Å². The van der Waals surface area contributed by atoms with Crippen LogP contribution >= 0.6 is 0 Å². The van der Waals surface area contributed by atoms with Crippen molar-refractivity contribution in [1.82, 2.24) is 24.7 Å². The molecule has 0 bridgehead atoms. The Hall–Kier alpha value is -3.26. The van der Waals surface area contributed by atoms with Crippen molar-refractivity contribution in [1.29, 1.82) is 0 Å². The third-order valence-corrected chi connectivity index (χ3v) is 5.29. The number of nitrogens with zero attached hydrogens (tertiary/aromatic N) is 5. The minimum absolute atomic E-state index is 0.213. The fourth-order valence-electron chi connectivity index (χ4n) is 3.44. The minimum Gasteiger partial charge on any atom is -0.381 e. The number of fused-ring (bicyclic) bond motifs is 1. The minimum atomic E-state index is -0.664. The van der Waals surface area contributed by atoms with Crippen LogP contribution in [0.3, 0.4) is 0 Å². The fraction of sp³-hybridized carbons (Fsp3) is 0.360. The summed E-state index contributed by atoms with van der Waals surface area (Å²) < 4.78 is 33.9. The van der Waals surface area contributed by atoms with Crippen molar-refractivity contribution in [2.75, 3.05) is 13.2 Å². The predicted molar refractivity (Wildman–Crippen MR) is 123 cm³/mol. The van der Waals surface area contributed by atoms with E-state index < -0.39 is 11.6 Å². The first kappa shape index (κ1) is 22.9. The summed E-state index contributed by atoms with van der Waals surface area (Å²) in [7, 11) is 0. The Kier molecular flexibility index (Phi) is 7.67. The Morgan fingerprint density at radius 1 is 1.00 bits per heavy atom. The Morgan fingerprint density at radius 2 is 1.82 bits per heavy atom. The molecule has 0 unspecified atom stereocenters. The second kappa shape index (κ2) is 11.0. The largest absolute Gasteiger partial charge is 0.381 e. The van der Waals surface area contributed by atoms with Gasteiger partial charge in [0.25, 0.3) is 0 Å². The molecular formula is C25H27F2N5O.